The summed E-state index contributed by atoms with van der Waals surface area (Å²) >= 11 is 1.69. The van der Waals surface area contributed by atoms with E-state index in [4.69, 9.17) is 11.5 Å². The fourth-order valence-corrected chi connectivity index (χ4v) is 2.29. The summed E-state index contributed by atoms with van der Waals surface area (Å²) in [7, 11) is 0. The zero-order valence-corrected chi connectivity index (χ0v) is 7.61. The van der Waals surface area contributed by atoms with Gasteiger partial charge in [-0.3, -0.25) is 0 Å². The average Bonchev–Trinajstić information content (AvgIpc) is 2.28. The predicted molar refractivity (Wildman–Crippen MR) is 55.4 cm³/mol. The van der Waals surface area contributed by atoms with Crippen molar-refractivity contribution in [2.24, 2.45) is 0 Å². The molecule has 0 aliphatic carbocycles. The highest BCUT2D eigenvalue weighted by molar-refractivity contribution is 7.19. The summed E-state index contributed by atoms with van der Waals surface area (Å²) in [4.78, 5) is 1.16. The third-order valence-corrected chi connectivity index (χ3v) is 3.02. The molecule has 0 spiro atoms. The van der Waals surface area contributed by atoms with Gasteiger partial charge in [0.1, 0.15) is 0 Å². The summed E-state index contributed by atoms with van der Waals surface area (Å²) in [5, 5.41) is 1.12. The molecule has 4 N–H and O–H groups in total. The van der Waals surface area contributed by atoms with Gasteiger partial charge in [-0.05, 0) is 25.1 Å². The molecule has 62 valence electrons. The van der Waals surface area contributed by atoms with Crippen molar-refractivity contribution < 1.29 is 0 Å². The van der Waals surface area contributed by atoms with Crippen molar-refractivity contribution in [3.05, 3.63) is 23.1 Å². The molecule has 2 nitrogen and oxygen atoms in total. The number of nitrogens with two attached hydrogens (primary N) is 2. The largest absolute Gasteiger partial charge is 0.399 e. The van der Waals surface area contributed by atoms with Gasteiger partial charge in [0.15, 0.2) is 0 Å². The predicted octanol–water partition coefficient (Wildman–Crippen LogP) is 2.37. The highest BCUT2D eigenvalue weighted by Crippen LogP contribution is 2.33. The maximum absolute atomic E-state index is 5.86. The maximum atomic E-state index is 5.86. The Hall–Kier alpha value is -1.22. The standard InChI is InChI=1S/C9H10N2S/c1-5-9(11)7-3-2-6(10)4-8(7)12-5/h2-4H,10-11H2,1H3. The van der Waals surface area contributed by atoms with Crippen LogP contribution in [-0.4, -0.2) is 0 Å². The van der Waals surface area contributed by atoms with Gasteiger partial charge in [0, 0.05) is 20.7 Å². The lowest BCUT2D eigenvalue weighted by atomic mass is 10.2. The number of thiophene rings is 1. The van der Waals surface area contributed by atoms with E-state index in [1.54, 1.807) is 11.3 Å². The van der Waals surface area contributed by atoms with Crippen LogP contribution in [0, 0.1) is 6.92 Å². The van der Waals surface area contributed by atoms with Crippen LogP contribution >= 0.6 is 11.3 Å². The van der Waals surface area contributed by atoms with Gasteiger partial charge in [0.2, 0.25) is 0 Å². The molecule has 1 aromatic heterocycles. The van der Waals surface area contributed by atoms with Crippen LogP contribution in [-0.2, 0) is 0 Å². The van der Waals surface area contributed by atoms with Crippen LogP contribution in [0.25, 0.3) is 10.1 Å². The number of fused-ring (bicyclic) bond motifs is 1. The molecule has 2 rings (SSSR count). The first-order chi connectivity index (χ1) is 5.68. The van der Waals surface area contributed by atoms with E-state index in [1.165, 1.54) is 4.70 Å². The summed E-state index contributed by atoms with van der Waals surface area (Å²) in [6.07, 6.45) is 0. The number of aryl methyl sites for hydroxylation is 1. The average molecular weight is 178 g/mol. The normalized spacial score (nSPS) is 10.8. The molecule has 0 aliphatic heterocycles. The van der Waals surface area contributed by atoms with Crippen molar-refractivity contribution >= 4 is 32.8 Å². The molecule has 0 saturated carbocycles. The summed E-state index contributed by atoms with van der Waals surface area (Å²) in [6.45, 7) is 2.02. The van der Waals surface area contributed by atoms with E-state index in [-0.39, 0.29) is 0 Å². The Morgan fingerprint density at radius 3 is 2.75 bits per heavy atom. The first-order valence-corrected chi connectivity index (χ1v) is 4.54. The third-order valence-electron chi connectivity index (χ3n) is 1.94. The van der Waals surface area contributed by atoms with Crippen LogP contribution in [0.1, 0.15) is 4.88 Å². The number of hydrogen-bond donors (Lipinski definition) is 2. The monoisotopic (exact) mass is 178 g/mol. The second-order valence-corrected chi connectivity index (χ2v) is 4.08. The van der Waals surface area contributed by atoms with Crippen LogP contribution in [0.5, 0.6) is 0 Å². The highest BCUT2D eigenvalue weighted by atomic mass is 32.1. The molecule has 3 heteroatoms. The Kier molecular flexibility index (Phi) is 1.48. The second-order valence-electron chi connectivity index (χ2n) is 2.83. The number of hydrogen-bond acceptors (Lipinski definition) is 3. The van der Waals surface area contributed by atoms with Crippen molar-refractivity contribution in [3.63, 3.8) is 0 Å². The Labute approximate surface area is 74.8 Å². The van der Waals surface area contributed by atoms with Gasteiger partial charge in [-0.25, -0.2) is 0 Å². The van der Waals surface area contributed by atoms with Crippen molar-refractivity contribution in [3.8, 4) is 0 Å². The van der Waals surface area contributed by atoms with Crippen LogP contribution in [0.15, 0.2) is 18.2 Å². The number of nitrogen functional groups attached to an aromatic ring is 2. The fraction of sp³-hybridized carbons (Fsp3) is 0.111. The summed E-state index contributed by atoms with van der Waals surface area (Å²) in [5.74, 6) is 0. The molecular weight excluding hydrogens is 168 g/mol. The molecule has 0 bridgehead atoms. The molecule has 0 unspecified atom stereocenters. The van der Waals surface area contributed by atoms with Crippen LogP contribution in [0.2, 0.25) is 0 Å². The fourth-order valence-electron chi connectivity index (χ4n) is 1.26. The van der Waals surface area contributed by atoms with Gasteiger partial charge < -0.3 is 11.5 Å². The van der Waals surface area contributed by atoms with Gasteiger partial charge in [0.05, 0.1) is 5.69 Å². The minimum Gasteiger partial charge on any atom is -0.399 e. The van der Waals surface area contributed by atoms with Crippen LogP contribution in [0.3, 0.4) is 0 Å². The molecule has 2 aromatic rings. The Bertz CT molecular complexity index is 431. The van der Waals surface area contributed by atoms with E-state index < -0.39 is 0 Å². The van der Waals surface area contributed by atoms with Gasteiger partial charge >= 0.3 is 0 Å². The topological polar surface area (TPSA) is 52.0 Å². The van der Waals surface area contributed by atoms with Gasteiger partial charge in [-0.2, -0.15) is 0 Å². The highest BCUT2D eigenvalue weighted by Gasteiger charge is 2.04. The lowest BCUT2D eigenvalue weighted by Gasteiger charge is -1.93. The molecule has 0 radical (unpaired) electrons. The molecule has 0 aliphatic rings. The van der Waals surface area contributed by atoms with Gasteiger partial charge in [-0.1, -0.05) is 0 Å². The van der Waals surface area contributed by atoms with E-state index in [9.17, 15) is 0 Å². The summed E-state index contributed by atoms with van der Waals surface area (Å²) in [6, 6.07) is 5.82. The van der Waals surface area contributed by atoms with E-state index in [2.05, 4.69) is 0 Å². The van der Waals surface area contributed by atoms with Crippen molar-refractivity contribution in [1.29, 1.82) is 0 Å². The van der Waals surface area contributed by atoms with E-state index in [0.717, 1.165) is 21.6 Å². The second kappa shape index (κ2) is 2.38. The smallest absolute Gasteiger partial charge is 0.0532 e. The summed E-state index contributed by atoms with van der Waals surface area (Å²) in [5.41, 5.74) is 13.2. The molecule has 0 amide bonds. The van der Waals surface area contributed by atoms with Crippen molar-refractivity contribution in [2.45, 2.75) is 6.92 Å². The lowest BCUT2D eigenvalue weighted by Crippen LogP contribution is -1.85. The molecule has 0 fully saturated rings. The number of anilines is 2. The molecule has 0 saturated heterocycles. The van der Waals surface area contributed by atoms with E-state index in [1.807, 2.05) is 25.1 Å². The zero-order chi connectivity index (χ0) is 8.72. The van der Waals surface area contributed by atoms with Crippen LogP contribution in [0.4, 0.5) is 11.4 Å². The van der Waals surface area contributed by atoms with Crippen molar-refractivity contribution in [1.82, 2.24) is 0 Å². The summed E-state index contributed by atoms with van der Waals surface area (Å²) < 4.78 is 1.17. The number of benzene rings is 1. The maximum Gasteiger partial charge on any atom is 0.0532 e. The SMILES string of the molecule is Cc1sc2cc(N)ccc2c1N. The van der Waals surface area contributed by atoms with Crippen molar-refractivity contribution in [2.75, 3.05) is 11.5 Å². The Morgan fingerprint density at radius 1 is 1.25 bits per heavy atom. The number of rotatable bonds is 0. The molecule has 1 heterocycles. The van der Waals surface area contributed by atoms with E-state index in [0.29, 0.717) is 0 Å². The van der Waals surface area contributed by atoms with E-state index >= 15 is 0 Å². The Balaban J connectivity index is 2.87. The minimum atomic E-state index is 0.795. The van der Waals surface area contributed by atoms with Crippen LogP contribution < -0.4 is 11.5 Å². The molecular formula is C9H10N2S. The third kappa shape index (κ3) is 0.940. The first-order valence-electron chi connectivity index (χ1n) is 3.72. The zero-order valence-electron chi connectivity index (χ0n) is 6.79. The Morgan fingerprint density at radius 2 is 2.00 bits per heavy atom. The molecule has 1 aromatic carbocycles. The first kappa shape index (κ1) is 7.43. The molecule has 12 heavy (non-hydrogen) atoms. The lowest BCUT2D eigenvalue weighted by molar-refractivity contribution is 1.64. The molecule has 0 atom stereocenters. The van der Waals surface area contributed by atoms with Gasteiger partial charge in [0.25, 0.3) is 0 Å². The quantitative estimate of drug-likeness (QED) is 0.608. The van der Waals surface area contributed by atoms with Gasteiger partial charge in [-0.15, -0.1) is 11.3 Å². The minimum absolute atomic E-state index is 0.795.